The van der Waals surface area contributed by atoms with E-state index in [4.69, 9.17) is 0 Å². The summed E-state index contributed by atoms with van der Waals surface area (Å²) in [7, 11) is 2.10. The number of imidazole rings is 1. The SMILES string of the molecule is Cc1cccc(-c2ncc(CN(C)CCn3ccnc3)cn2)c1. The molecule has 0 fully saturated rings. The molecule has 3 aromatic rings. The first kappa shape index (κ1) is 15.4. The van der Waals surface area contributed by atoms with Gasteiger partial charge in [0, 0.05) is 55.5 Å². The van der Waals surface area contributed by atoms with Crippen molar-refractivity contribution in [2.24, 2.45) is 0 Å². The Labute approximate surface area is 136 Å². The highest BCUT2D eigenvalue weighted by atomic mass is 15.1. The average Bonchev–Trinajstić information content (AvgIpc) is 3.07. The van der Waals surface area contributed by atoms with Gasteiger partial charge in [-0.05, 0) is 20.0 Å². The number of rotatable bonds is 6. The van der Waals surface area contributed by atoms with E-state index in [1.165, 1.54) is 5.56 Å². The first-order valence-electron chi connectivity index (χ1n) is 7.73. The van der Waals surface area contributed by atoms with Crippen LogP contribution in [0.5, 0.6) is 0 Å². The Hall–Kier alpha value is -2.53. The lowest BCUT2D eigenvalue weighted by atomic mass is 10.1. The summed E-state index contributed by atoms with van der Waals surface area (Å²) in [4.78, 5) is 15.3. The molecule has 5 heteroatoms. The molecule has 23 heavy (non-hydrogen) atoms. The first-order chi connectivity index (χ1) is 11.2. The Kier molecular flexibility index (Phi) is 4.78. The zero-order chi connectivity index (χ0) is 16.1. The van der Waals surface area contributed by atoms with Gasteiger partial charge in [-0.15, -0.1) is 0 Å². The number of likely N-dealkylation sites (N-methyl/N-ethyl adjacent to an activating group) is 1. The average molecular weight is 307 g/mol. The predicted octanol–water partition coefficient (Wildman–Crippen LogP) is 2.78. The fraction of sp³-hybridized carbons (Fsp3) is 0.278. The van der Waals surface area contributed by atoms with Gasteiger partial charge in [-0.2, -0.15) is 0 Å². The third-order valence-corrected chi connectivity index (χ3v) is 3.73. The van der Waals surface area contributed by atoms with Crippen LogP contribution in [0.4, 0.5) is 0 Å². The fourth-order valence-corrected chi connectivity index (χ4v) is 2.47. The normalized spacial score (nSPS) is 11.1. The Balaban J connectivity index is 1.58. The summed E-state index contributed by atoms with van der Waals surface area (Å²) in [5.74, 6) is 0.776. The molecule has 5 nitrogen and oxygen atoms in total. The maximum absolute atomic E-state index is 4.50. The van der Waals surface area contributed by atoms with E-state index in [2.05, 4.69) is 50.5 Å². The van der Waals surface area contributed by atoms with E-state index in [-0.39, 0.29) is 0 Å². The van der Waals surface area contributed by atoms with Crippen molar-refractivity contribution in [3.8, 4) is 11.4 Å². The second-order valence-electron chi connectivity index (χ2n) is 5.82. The molecule has 0 aliphatic heterocycles. The first-order valence-corrected chi connectivity index (χ1v) is 7.73. The molecule has 0 N–H and O–H groups in total. The van der Waals surface area contributed by atoms with Crippen molar-refractivity contribution >= 4 is 0 Å². The molecular formula is C18H21N5. The van der Waals surface area contributed by atoms with E-state index < -0.39 is 0 Å². The number of hydrogen-bond acceptors (Lipinski definition) is 4. The summed E-state index contributed by atoms with van der Waals surface area (Å²) in [6.07, 6.45) is 9.45. The van der Waals surface area contributed by atoms with E-state index in [9.17, 15) is 0 Å². The smallest absolute Gasteiger partial charge is 0.159 e. The zero-order valence-electron chi connectivity index (χ0n) is 13.6. The highest BCUT2D eigenvalue weighted by molar-refractivity contribution is 5.55. The molecular weight excluding hydrogens is 286 g/mol. The predicted molar refractivity (Wildman–Crippen MR) is 90.8 cm³/mol. The van der Waals surface area contributed by atoms with Gasteiger partial charge < -0.3 is 9.47 Å². The Morgan fingerprint density at radius 3 is 2.70 bits per heavy atom. The number of aromatic nitrogens is 4. The van der Waals surface area contributed by atoms with E-state index in [0.29, 0.717) is 0 Å². The van der Waals surface area contributed by atoms with Crippen LogP contribution in [0.3, 0.4) is 0 Å². The molecule has 0 saturated heterocycles. The molecule has 0 atom stereocenters. The Morgan fingerprint density at radius 1 is 1.17 bits per heavy atom. The topological polar surface area (TPSA) is 46.8 Å². The van der Waals surface area contributed by atoms with E-state index in [0.717, 1.165) is 36.6 Å². The molecule has 0 amide bonds. The summed E-state index contributed by atoms with van der Waals surface area (Å²) < 4.78 is 2.08. The van der Waals surface area contributed by atoms with E-state index in [1.807, 2.05) is 37.1 Å². The van der Waals surface area contributed by atoms with Crippen molar-refractivity contribution in [2.45, 2.75) is 20.0 Å². The van der Waals surface area contributed by atoms with Crippen molar-refractivity contribution < 1.29 is 0 Å². The number of aryl methyl sites for hydroxylation is 1. The molecule has 0 unspecified atom stereocenters. The summed E-state index contributed by atoms with van der Waals surface area (Å²) in [6.45, 7) is 4.80. The van der Waals surface area contributed by atoms with Crippen LogP contribution < -0.4 is 0 Å². The van der Waals surface area contributed by atoms with Crippen LogP contribution >= 0.6 is 0 Å². The van der Waals surface area contributed by atoms with Gasteiger partial charge in [0.25, 0.3) is 0 Å². The number of nitrogens with zero attached hydrogens (tertiary/aromatic N) is 5. The van der Waals surface area contributed by atoms with E-state index >= 15 is 0 Å². The molecule has 0 spiro atoms. The Bertz CT molecular complexity index is 734. The van der Waals surface area contributed by atoms with Crippen LogP contribution in [0, 0.1) is 6.92 Å². The molecule has 2 aromatic heterocycles. The van der Waals surface area contributed by atoms with Gasteiger partial charge in [0.1, 0.15) is 0 Å². The molecule has 3 rings (SSSR count). The maximum Gasteiger partial charge on any atom is 0.159 e. The van der Waals surface area contributed by atoms with Crippen molar-refractivity contribution in [3.63, 3.8) is 0 Å². The van der Waals surface area contributed by atoms with Crippen LogP contribution in [-0.4, -0.2) is 38.0 Å². The van der Waals surface area contributed by atoms with Crippen molar-refractivity contribution in [2.75, 3.05) is 13.6 Å². The van der Waals surface area contributed by atoms with Crippen LogP contribution in [0.15, 0.2) is 55.4 Å². The summed E-state index contributed by atoms with van der Waals surface area (Å²) in [5.41, 5.74) is 3.40. The lowest BCUT2D eigenvalue weighted by Crippen LogP contribution is -2.22. The standard InChI is InChI=1S/C18H21N5/c1-15-4-3-5-17(10-15)18-20-11-16(12-21-18)13-22(2)8-9-23-7-6-19-14-23/h3-7,10-12,14H,8-9,13H2,1-2H3. The largest absolute Gasteiger partial charge is 0.336 e. The highest BCUT2D eigenvalue weighted by Gasteiger charge is 2.04. The molecule has 2 heterocycles. The third kappa shape index (κ3) is 4.23. The van der Waals surface area contributed by atoms with Gasteiger partial charge >= 0.3 is 0 Å². The van der Waals surface area contributed by atoms with Crippen molar-refractivity contribution in [3.05, 3.63) is 66.5 Å². The number of benzene rings is 1. The van der Waals surface area contributed by atoms with Gasteiger partial charge in [-0.1, -0.05) is 23.8 Å². The second-order valence-corrected chi connectivity index (χ2v) is 5.82. The molecule has 118 valence electrons. The van der Waals surface area contributed by atoms with Gasteiger partial charge in [0.05, 0.1) is 6.33 Å². The van der Waals surface area contributed by atoms with Crippen LogP contribution in [0.2, 0.25) is 0 Å². The minimum atomic E-state index is 0.776. The van der Waals surface area contributed by atoms with Crippen LogP contribution in [0.25, 0.3) is 11.4 Å². The number of hydrogen-bond donors (Lipinski definition) is 0. The minimum absolute atomic E-state index is 0.776. The van der Waals surface area contributed by atoms with Gasteiger partial charge in [-0.3, -0.25) is 0 Å². The fourth-order valence-electron chi connectivity index (χ4n) is 2.47. The quantitative estimate of drug-likeness (QED) is 0.702. The van der Waals surface area contributed by atoms with Crippen LogP contribution in [-0.2, 0) is 13.1 Å². The van der Waals surface area contributed by atoms with Crippen molar-refractivity contribution in [1.82, 2.24) is 24.4 Å². The lowest BCUT2D eigenvalue weighted by molar-refractivity contribution is 0.311. The molecule has 0 bridgehead atoms. The molecule has 0 saturated carbocycles. The maximum atomic E-state index is 4.50. The molecule has 0 radical (unpaired) electrons. The van der Waals surface area contributed by atoms with Crippen LogP contribution in [0.1, 0.15) is 11.1 Å². The van der Waals surface area contributed by atoms with E-state index in [1.54, 1.807) is 6.20 Å². The van der Waals surface area contributed by atoms with Gasteiger partial charge in [0.2, 0.25) is 0 Å². The molecule has 0 aliphatic carbocycles. The van der Waals surface area contributed by atoms with Crippen molar-refractivity contribution in [1.29, 1.82) is 0 Å². The lowest BCUT2D eigenvalue weighted by Gasteiger charge is -2.16. The Morgan fingerprint density at radius 2 is 2.00 bits per heavy atom. The molecule has 1 aromatic carbocycles. The van der Waals surface area contributed by atoms with Gasteiger partial charge in [0.15, 0.2) is 5.82 Å². The monoisotopic (exact) mass is 307 g/mol. The highest BCUT2D eigenvalue weighted by Crippen LogP contribution is 2.15. The van der Waals surface area contributed by atoms with Gasteiger partial charge in [-0.25, -0.2) is 15.0 Å². The summed E-state index contributed by atoms with van der Waals surface area (Å²) in [5, 5.41) is 0. The zero-order valence-corrected chi connectivity index (χ0v) is 13.6. The third-order valence-electron chi connectivity index (χ3n) is 3.73. The summed E-state index contributed by atoms with van der Waals surface area (Å²) >= 11 is 0. The summed E-state index contributed by atoms with van der Waals surface area (Å²) in [6, 6.07) is 8.25. The minimum Gasteiger partial charge on any atom is -0.336 e. The second kappa shape index (κ2) is 7.15. The molecule has 0 aliphatic rings.